The molecule has 1 atom stereocenters. The lowest BCUT2D eigenvalue weighted by Crippen LogP contribution is -2.47. The number of β-amino-alcohol motifs (C(OH)–C–C–N with tert-alkyl or cyclic N) is 1. The Bertz CT molecular complexity index is 1170. The average molecular weight is 509 g/mol. The zero-order valence-electron chi connectivity index (χ0n) is 17.8. The molecule has 2 aromatic heterocycles. The molecule has 2 fully saturated rings. The predicted octanol–water partition coefficient (Wildman–Crippen LogP) is 2.96. The number of rotatable bonds is 3. The minimum absolute atomic E-state index is 0.00190. The van der Waals surface area contributed by atoms with Crippen molar-refractivity contribution in [1.82, 2.24) is 18.9 Å². The molecule has 2 aliphatic rings. The third-order valence-corrected chi connectivity index (χ3v) is 8.22. The van der Waals surface area contributed by atoms with Gasteiger partial charge in [-0.15, -0.1) is 5.10 Å². The topological polar surface area (TPSA) is 138 Å². The van der Waals surface area contributed by atoms with Gasteiger partial charge in [-0.2, -0.15) is 22.7 Å². The number of piperidine rings is 1. The van der Waals surface area contributed by atoms with Crippen molar-refractivity contribution in [2.24, 2.45) is 0 Å². The van der Waals surface area contributed by atoms with Gasteiger partial charge in [0.05, 0.1) is 28.6 Å². The number of fused-ring (bicyclic) bond motifs is 1. The number of hydrogen-bond acceptors (Lipinski definition) is 7. The third-order valence-electron chi connectivity index (χ3n) is 6.24. The van der Waals surface area contributed by atoms with Gasteiger partial charge in [0.2, 0.25) is 5.95 Å². The Morgan fingerprint density at radius 1 is 1.39 bits per heavy atom. The number of aliphatic hydroxyl groups is 1. The summed E-state index contributed by atoms with van der Waals surface area (Å²) < 4.78 is 59.8. The van der Waals surface area contributed by atoms with E-state index in [-0.39, 0.29) is 28.6 Å². The zero-order valence-corrected chi connectivity index (χ0v) is 19.4. The number of nitrogens with two attached hydrogens (primary N) is 1. The van der Waals surface area contributed by atoms with E-state index in [9.17, 15) is 26.9 Å². The maximum atomic E-state index is 12.0. The Morgan fingerprint density at radius 3 is 2.55 bits per heavy atom. The van der Waals surface area contributed by atoms with E-state index in [1.807, 2.05) is 0 Å². The molecule has 14 heteroatoms. The van der Waals surface area contributed by atoms with Gasteiger partial charge in [-0.25, -0.2) is 17.9 Å². The molecule has 182 valence electrons. The normalized spacial score (nSPS) is 21.1. The summed E-state index contributed by atoms with van der Waals surface area (Å²) in [6.07, 6.45) is 5.42. The van der Waals surface area contributed by atoms with Gasteiger partial charge in [-0.05, 0) is 32.1 Å². The van der Waals surface area contributed by atoms with E-state index in [4.69, 9.17) is 22.4 Å². The molecule has 33 heavy (non-hydrogen) atoms. The number of aromatic nitrogens is 3. The van der Waals surface area contributed by atoms with E-state index in [2.05, 4.69) is 23.1 Å². The van der Waals surface area contributed by atoms with Crippen molar-refractivity contribution in [3.8, 4) is 6.07 Å². The number of nitriles is 1. The molecule has 3 heterocycles. The van der Waals surface area contributed by atoms with Crippen molar-refractivity contribution in [2.75, 3.05) is 18.8 Å². The third kappa shape index (κ3) is 4.62. The molecule has 1 unspecified atom stereocenters. The SMILES string of the molecule is CCC1(c2c(C#N)c(Cl)c3cnc(N)nn23)CCC1.O=S(=O)(N1CCCC(O)C1)C(F)(F)F. The van der Waals surface area contributed by atoms with Crippen LogP contribution in [0.3, 0.4) is 0 Å². The van der Waals surface area contributed by atoms with Crippen molar-refractivity contribution in [1.29, 1.82) is 5.26 Å². The fourth-order valence-electron chi connectivity index (χ4n) is 4.26. The van der Waals surface area contributed by atoms with E-state index < -0.39 is 28.2 Å². The van der Waals surface area contributed by atoms with Crippen LogP contribution in [0.1, 0.15) is 56.7 Å². The van der Waals surface area contributed by atoms with Crippen molar-refractivity contribution in [2.45, 2.75) is 62.5 Å². The molecule has 1 saturated carbocycles. The number of anilines is 1. The minimum atomic E-state index is -5.27. The molecule has 2 aromatic rings. The molecule has 9 nitrogen and oxygen atoms in total. The van der Waals surface area contributed by atoms with Gasteiger partial charge in [0.25, 0.3) is 0 Å². The second-order valence-corrected chi connectivity index (χ2v) is 10.5. The molecular formula is C19H24ClF3N6O3S. The lowest BCUT2D eigenvalue weighted by molar-refractivity contribution is -0.0508. The summed E-state index contributed by atoms with van der Waals surface area (Å²) in [5, 5.41) is 23.1. The van der Waals surface area contributed by atoms with Gasteiger partial charge in [0.15, 0.2) is 0 Å². The fourth-order valence-corrected chi connectivity index (χ4v) is 5.55. The molecule has 4 rings (SSSR count). The highest BCUT2D eigenvalue weighted by Gasteiger charge is 2.50. The molecular weight excluding hydrogens is 485 g/mol. The molecule has 1 saturated heterocycles. The summed E-state index contributed by atoms with van der Waals surface area (Å²) in [6.45, 7) is 1.49. The van der Waals surface area contributed by atoms with Crippen molar-refractivity contribution >= 4 is 33.1 Å². The number of nitrogens with zero attached hydrogens (tertiary/aromatic N) is 5. The van der Waals surface area contributed by atoms with Crippen molar-refractivity contribution in [3.05, 3.63) is 22.5 Å². The summed E-state index contributed by atoms with van der Waals surface area (Å²) in [5.41, 5.74) is 2.47. The second kappa shape index (κ2) is 9.25. The summed E-state index contributed by atoms with van der Waals surface area (Å²) in [7, 11) is -5.26. The predicted molar refractivity (Wildman–Crippen MR) is 115 cm³/mol. The van der Waals surface area contributed by atoms with Crippen LogP contribution in [0.5, 0.6) is 0 Å². The largest absolute Gasteiger partial charge is 0.511 e. The first-order valence-corrected chi connectivity index (χ1v) is 12.2. The molecule has 3 N–H and O–H groups in total. The Morgan fingerprint density at radius 2 is 2.06 bits per heavy atom. The minimum Gasteiger partial charge on any atom is -0.392 e. The van der Waals surface area contributed by atoms with E-state index in [1.165, 1.54) is 6.42 Å². The highest BCUT2D eigenvalue weighted by atomic mass is 35.5. The monoisotopic (exact) mass is 508 g/mol. The number of nitrogen functional groups attached to an aromatic ring is 1. The van der Waals surface area contributed by atoms with E-state index in [0.29, 0.717) is 22.5 Å². The first-order chi connectivity index (χ1) is 15.4. The van der Waals surface area contributed by atoms with Crippen LogP contribution >= 0.6 is 11.6 Å². The van der Waals surface area contributed by atoms with Crippen LogP contribution in [0.2, 0.25) is 5.02 Å². The zero-order chi connectivity index (χ0) is 24.6. The lowest BCUT2D eigenvalue weighted by atomic mass is 9.64. The summed E-state index contributed by atoms with van der Waals surface area (Å²) >= 11 is 6.29. The molecule has 0 spiro atoms. The quantitative estimate of drug-likeness (QED) is 0.650. The van der Waals surface area contributed by atoms with E-state index in [1.54, 1.807) is 10.7 Å². The molecule has 1 aliphatic heterocycles. The number of hydrogen-bond donors (Lipinski definition) is 2. The van der Waals surface area contributed by atoms with Crippen LogP contribution in [0.4, 0.5) is 19.1 Å². The van der Waals surface area contributed by atoms with E-state index in [0.717, 1.165) is 25.0 Å². The summed E-state index contributed by atoms with van der Waals surface area (Å²) in [6, 6.07) is 2.22. The van der Waals surface area contributed by atoms with Crippen LogP contribution in [0, 0.1) is 11.3 Å². The number of sulfonamides is 1. The highest BCUT2D eigenvalue weighted by Crippen LogP contribution is 2.49. The molecule has 1 aliphatic carbocycles. The second-order valence-electron chi connectivity index (χ2n) is 8.16. The van der Waals surface area contributed by atoms with Crippen LogP contribution in [-0.2, 0) is 15.4 Å². The fraction of sp³-hybridized carbons (Fsp3) is 0.632. The van der Waals surface area contributed by atoms with Gasteiger partial charge < -0.3 is 10.8 Å². The molecule has 0 aromatic carbocycles. The molecule has 0 radical (unpaired) electrons. The van der Waals surface area contributed by atoms with Crippen molar-refractivity contribution < 1.29 is 26.7 Å². The number of aliphatic hydroxyl groups excluding tert-OH is 1. The molecule has 0 amide bonds. The number of alkyl halides is 3. The standard InChI is InChI=1S/C13H14ClN5.C6H10F3NO3S/c1-2-13(4-3-5-13)11-8(6-15)10(14)9-7-17-12(16)18-19(9)11;7-6(8,9)14(12,13)10-3-1-2-5(11)4-10/h7H,2-5H2,1H3,(H2,16,18);5,11H,1-4H2. The van der Waals surface area contributed by atoms with Gasteiger partial charge in [-0.3, -0.25) is 0 Å². The van der Waals surface area contributed by atoms with Crippen molar-refractivity contribution in [3.63, 3.8) is 0 Å². The Balaban J connectivity index is 0.000000196. The number of halogens is 4. The summed E-state index contributed by atoms with van der Waals surface area (Å²) in [5.74, 6) is 0.190. The maximum Gasteiger partial charge on any atom is 0.511 e. The Kier molecular flexibility index (Phi) is 7.14. The Labute approximate surface area is 194 Å². The smallest absolute Gasteiger partial charge is 0.392 e. The van der Waals surface area contributed by atoms with Gasteiger partial charge in [0.1, 0.15) is 11.6 Å². The van der Waals surface area contributed by atoms with Gasteiger partial charge in [0, 0.05) is 18.5 Å². The van der Waals surface area contributed by atoms with Gasteiger partial charge in [-0.1, -0.05) is 24.9 Å². The van der Waals surface area contributed by atoms with E-state index >= 15 is 0 Å². The lowest BCUT2D eigenvalue weighted by Gasteiger charge is -2.41. The highest BCUT2D eigenvalue weighted by molar-refractivity contribution is 7.90. The molecule has 0 bridgehead atoms. The van der Waals surface area contributed by atoms with Crippen LogP contribution in [0.25, 0.3) is 5.52 Å². The average Bonchev–Trinajstić information content (AvgIpc) is 2.99. The van der Waals surface area contributed by atoms with Gasteiger partial charge >= 0.3 is 15.5 Å². The maximum absolute atomic E-state index is 12.0. The van der Waals surface area contributed by atoms with Crippen LogP contribution in [-0.4, -0.2) is 57.1 Å². The van der Waals surface area contributed by atoms with Crippen LogP contribution < -0.4 is 5.73 Å². The first-order valence-electron chi connectivity index (χ1n) is 10.4. The first kappa shape index (κ1) is 25.5. The Hall–Kier alpha value is -2.14. The summed E-state index contributed by atoms with van der Waals surface area (Å²) in [4.78, 5) is 3.96. The van der Waals surface area contributed by atoms with Crippen LogP contribution in [0.15, 0.2) is 6.20 Å².